The summed E-state index contributed by atoms with van der Waals surface area (Å²) < 4.78 is 1.88. The first-order valence-corrected chi connectivity index (χ1v) is 5.65. The molecule has 0 saturated carbocycles. The van der Waals surface area contributed by atoms with E-state index in [2.05, 4.69) is 21.8 Å². The van der Waals surface area contributed by atoms with Crippen LogP contribution in [0.15, 0.2) is 6.07 Å². The fraction of sp³-hybridized carbons (Fsp3) is 0.636. The van der Waals surface area contributed by atoms with Crippen LogP contribution in [0.2, 0.25) is 0 Å². The lowest BCUT2D eigenvalue weighted by Crippen LogP contribution is -2.35. The van der Waals surface area contributed by atoms with Crippen molar-refractivity contribution in [2.24, 2.45) is 7.05 Å². The van der Waals surface area contributed by atoms with E-state index in [1.165, 1.54) is 5.69 Å². The molecule has 88 valence electrons. The SMILES string of the molecule is Cc1cc(CNCC2CCC(=O)N2)n(C)n1. The second-order valence-corrected chi connectivity index (χ2v) is 4.33. The first-order chi connectivity index (χ1) is 7.65. The van der Waals surface area contributed by atoms with Gasteiger partial charge in [-0.05, 0) is 19.4 Å². The molecule has 5 nitrogen and oxygen atoms in total. The minimum absolute atomic E-state index is 0.170. The van der Waals surface area contributed by atoms with Crippen LogP contribution in [0.4, 0.5) is 0 Å². The number of nitrogens with one attached hydrogen (secondary N) is 2. The smallest absolute Gasteiger partial charge is 0.220 e. The quantitative estimate of drug-likeness (QED) is 0.759. The minimum Gasteiger partial charge on any atom is -0.352 e. The monoisotopic (exact) mass is 222 g/mol. The van der Waals surface area contributed by atoms with Gasteiger partial charge >= 0.3 is 0 Å². The van der Waals surface area contributed by atoms with Crippen molar-refractivity contribution in [3.63, 3.8) is 0 Å². The maximum absolute atomic E-state index is 11.0. The van der Waals surface area contributed by atoms with Crippen LogP contribution in [0.1, 0.15) is 24.2 Å². The van der Waals surface area contributed by atoms with Gasteiger partial charge in [0.05, 0.1) is 11.4 Å². The molecule has 0 radical (unpaired) electrons. The molecule has 5 heteroatoms. The number of aromatic nitrogens is 2. The summed E-state index contributed by atoms with van der Waals surface area (Å²) in [5.41, 5.74) is 2.20. The first kappa shape index (κ1) is 11.1. The molecule has 1 amide bonds. The Bertz CT molecular complexity index is 385. The molecule has 1 aliphatic rings. The summed E-state index contributed by atoms with van der Waals surface area (Å²) in [4.78, 5) is 11.0. The molecule has 0 bridgehead atoms. The number of carbonyl (C=O) groups is 1. The van der Waals surface area contributed by atoms with Crippen molar-refractivity contribution in [1.29, 1.82) is 0 Å². The molecule has 1 aliphatic heterocycles. The summed E-state index contributed by atoms with van der Waals surface area (Å²) in [5, 5.41) is 10.6. The molecular formula is C11H18N4O. The van der Waals surface area contributed by atoms with Gasteiger partial charge in [0, 0.05) is 32.6 Å². The Balaban J connectivity index is 1.76. The van der Waals surface area contributed by atoms with E-state index >= 15 is 0 Å². The maximum atomic E-state index is 11.0. The van der Waals surface area contributed by atoms with E-state index in [9.17, 15) is 4.79 Å². The van der Waals surface area contributed by atoms with Gasteiger partial charge in [0.1, 0.15) is 0 Å². The highest BCUT2D eigenvalue weighted by Crippen LogP contribution is 2.06. The van der Waals surface area contributed by atoms with Crippen LogP contribution in [-0.4, -0.2) is 28.3 Å². The van der Waals surface area contributed by atoms with Gasteiger partial charge in [-0.2, -0.15) is 5.10 Å². The lowest BCUT2D eigenvalue weighted by Gasteiger charge is -2.11. The molecule has 1 aromatic heterocycles. The molecule has 16 heavy (non-hydrogen) atoms. The average molecular weight is 222 g/mol. The van der Waals surface area contributed by atoms with Gasteiger partial charge in [0.2, 0.25) is 5.91 Å². The topological polar surface area (TPSA) is 59.0 Å². The van der Waals surface area contributed by atoms with Crippen LogP contribution < -0.4 is 10.6 Å². The molecule has 1 atom stereocenters. The van der Waals surface area contributed by atoms with E-state index < -0.39 is 0 Å². The number of nitrogens with zero attached hydrogens (tertiary/aromatic N) is 2. The summed E-state index contributed by atoms with van der Waals surface area (Å²) >= 11 is 0. The summed E-state index contributed by atoms with van der Waals surface area (Å²) in [7, 11) is 1.95. The van der Waals surface area contributed by atoms with Crippen molar-refractivity contribution < 1.29 is 4.79 Å². The summed E-state index contributed by atoms with van der Waals surface area (Å²) in [6, 6.07) is 2.36. The Kier molecular flexibility index (Phi) is 3.24. The van der Waals surface area contributed by atoms with Crippen molar-refractivity contribution >= 4 is 5.91 Å². The predicted octanol–water partition coefficient (Wildman–Crippen LogP) is 0.0967. The Morgan fingerprint density at radius 2 is 2.50 bits per heavy atom. The van der Waals surface area contributed by atoms with Crippen LogP contribution in [-0.2, 0) is 18.4 Å². The van der Waals surface area contributed by atoms with E-state index in [4.69, 9.17) is 0 Å². The lowest BCUT2D eigenvalue weighted by atomic mass is 10.2. The van der Waals surface area contributed by atoms with Crippen molar-refractivity contribution in [2.75, 3.05) is 6.54 Å². The molecule has 1 aromatic rings. The predicted molar refractivity (Wildman–Crippen MR) is 60.8 cm³/mol. The Morgan fingerprint density at radius 1 is 1.69 bits per heavy atom. The first-order valence-electron chi connectivity index (χ1n) is 5.65. The van der Waals surface area contributed by atoms with Crippen molar-refractivity contribution in [2.45, 2.75) is 32.4 Å². The van der Waals surface area contributed by atoms with Crippen LogP contribution in [0.5, 0.6) is 0 Å². The Hall–Kier alpha value is -1.36. The summed E-state index contributed by atoms with van der Waals surface area (Å²) in [6.07, 6.45) is 1.60. The molecule has 1 unspecified atom stereocenters. The van der Waals surface area contributed by atoms with E-state index in [1.807, 2.05) is 18.7 Å². The molecular weight excluding hydrogens is 204 g/mol. The van der Waals surface area contributed by atoms with E-state index in [0.29, 0.717) is 12.5 Å². The highest BCUT2D eigenvalue weighted by Gasteiger charge is 2.19. The third kappa shape index (κ3) is 2.61. The van der Waals surface area contributed by atoms with E-state index in [-0.39, 0.29) is 5.91 Å². The molecule has 1 fully saturated rings. The van der Waals surface area contributed by atoms with Gasteiger partial charge in [0.15, 0.2) is 0 Å². The highest BCUT2D eigenvalue weighted by molar-refractivity contribution is 5.78. The fourth-order valence-electron chi connectivity index (χ4n) is 2.03. The molecule has 2 heterocycles. The largest absolute Gasteiger partial charge is 0.352 e. The third-order valence-corrected chi connectivity index (χ3v) is 2.88. The third-order valence-electron chi connectivity index (χ3n) is 2.88. The maximum Gasteiger partial charge on any atom is 0.220 e. The van der Waals surface area contributed by atoms with Crippen LogP contribution >= 0.6 is 0 Å². The van der Waals surface area contributed by atoms with Crippen molar-refractivity contribution in [1.82, 2.24) is 20.4 Å². The van der Waals surface area contributed by atoms with Crippen LogP contribution in [0, 0.1) is 6.92 Å². The van der Waals surface area contributed by atoms with Gasteiger partial charge in [-0.15, -0.1) is 0 Å². The molecule has 0 aromatic carbocycles. The fourth-order valence-corrected chi connectivity index (χ4v) is 2.03. The summed E-state index contributed by atoms with van der Waals surface area (Å²) in [5.74, 6) is 0.170. The van der Waals surface area contributed by atoms with Gasteiger partial charge in [-0.3, -0.25) is 9.48 Å². The number of amides is 1. The number of rotatable bonds is 4. The molecule has 1 saturated heterocycles. The molecule has 2 N–H and O–H groups in total. The number of hydrogen-bond acceptors (Lipinski definition) is 3. The van der Waals surface area contributed by atoms with Gasteiger partial charge < -0.3 is 10.6 Å². The minimum atomic E-state index is 0.170. The standard InChI is InChI=1S/C11H18N4O/c1-8-5-10(15(2)14-8)7-12-6-9-3-4-11(16)13-9/h5,9,12H,3-4,6-7H2,1-2H3,(H,13,16). The van der Waals surface area contributed by atoms with Gasteiger partial charge in [-0.25, -0.2) is 0 Å². The van der Waals surface area contributed by atoms with E-state index in [0.717, 1.165) is 25.2 Å². The average Bonchev–Trinajstić information content (AvgIpc) is 2.74. The Labute approximate surface area is 95.2 Å². The zero-order valence-corrected chi connectivity index (χ0v) is 9.79. The zero-order chi connectivity index (χ0) is 11.5. The van der Waals surface area contributed by atoms with Crippen LogP contribution in [0.3, 0.4) is 0 Å². The lowest BCUT2D eigenvalue weighted by molar-refractivity contribution is -0.119. The zero-order valence-electron chi connectivity index (χ0n) is 9.79. The molecule has 0 aliphatic carbocycles. The van der Waals surface area contributed by atoms with Gasteiger partial charge in [-0.1, -0.05) is 0 Å². The number of hydrogen-bond donors (Lipinski definition) is 2. The number of carbonyl (C=O) groups excluding carboxylic acids is 1. The summed E-state index contributed by atoms with van der Waals surface area (Å²) in [6.45, 7) is 3.61. The second kappa shape index (κ2) is 4.65. The highest BCUT2D eigenvalue weighted by atomic mass is 16.1. The molecule has 2 rings (SSSR count). The normalized spacial score (nSPS) is 20.1. The number of aryl methyl sites for hydroxylation is 2. The van der Waals surface area contributed by atoms with Gasteiger partial charge in [0.25, 0.3) is 0 Å². The second-order valence-electron chi connectivity index (χ2n) is 4.33. The molecule has 0 spiro atoms. The Morgan fingerprint density at radius 3 is 3.06 bits per heavy atom. The van der Waals surface area contributed by atoms with Crippen LogP contribution in [0.25, 0.3) is 0 Å². The van der Waals surface area contributed by atoms with Crippen molar-refractivity contribution in [3.05, 3.63) is 17.5 Å². The van der Waals surface area contributed by atoms with E-state index in [1.54, 1.807) is 0 Å². The van der Waals surface area contributed by atoms with Crippen molar-refractivity contribution in [3.8, 4) is 0 Å².